The highest BCUT2D eigenvalue weighted by atomic mass is 32.2. The number of fused-ring (bicyclic) bond motifs is 3. The normalized spacial score (nSPS) is 13.8. The highest BCUT2D eigenvalue weighted by molar-refractivity contribution is 7.98. The number of carboxylic acids is 1. The molecule has 0 spiro atoms. The maximum Gasteiger partial charge on any atom is 0.341 e. The van der Waals surface area contributed by atoms with Crippen molar-refractivity contribution < 1.29 is 24.1 Å². The van der Waals surface area contributed by atoms with Crippen molar-refractivity contribution in [3.05, 3.63) is 94.3 Å². The monoisotopic (exact) mass is 503 g/mol. The number of hydrogen-bond acceptors (Lipinski definition) is 7. The van der Waals surface area contributed by atoms with E-state index in [2.05, 4.69) is 10.3 Å². The third kappa shape index (κ3) is 4.76. The minimum Gasteiger partial charge on any atom is -0.493 e. The van der Waals surface area contributed by atoms with Gasteiger partial charge in [0.1, 0.15) is 0 Å². The van der Waals surface area contributed by atoms with Gasteiger partial charge < -0.3 is 19.9 Å². The first kappa shape index (κ1) is 23.4. The number of aromatic nitrogens is 3. The summed E-state index contributed by atoms with van der Waals surface area (Å²) in [5.41, 5.74) is 3.61. The molecule has 0 saturated carbocycles. The van der Waals surface area contributed by atoms with E-state index in [9.17, 15) is 9.59 Å². The van der Waals surface area contributed by atoms with E-state index in [1.165, 1.54) is 18.9 Å². The fourth-order valence-electron chi connectivity index (χ4n) is 4.02. The molecule has 3 N–H and O–H groups in total. The van der Waals surface area contributed by atoms with Crippen molar-refractivity contribution in [3.63, 3.8) is 0 Å². The first-order valence-corrected chi connectivity index (χ1v) is 12.1. The highest BCUT2D eigenvalue weighted by Crippen LogP contribution is 2.35. The molecule has 0 aliphatic carbocycles. The number of aromatic amines is 1. The molecule has 0 unspecified atom stereocenters. The zero-order valence-corrected chi connectivity index (χ0v) is 20.1. The predicted octanol–water partition coefficient (Wildman–Crippen LogP) is 3.46. The zero-order chi connectivity index (χ0) is 25.1. The van der Waals surface area contributed by atoms with E-state index in [0.29, 0.717) is 28.1 Å². The second kappa shape index (κ2) is 10.1. The number of H-pyrrole nitrogens is 1. The van der Waals surface area contributed by atoms with E-state index in [-0.39, 0.29) is 5.56 Å². The van der Waals surface area contributed by atoms with Crippen molar-refractivity contribution in [1.29, 1.82) is 0 Å². The Balaban J connectivity index is 1.56. The number of nitrogens with zero attached hydrogens (tertiary/aromatic N) is 2. The van der Waals surface area contributed by atoms with Crippen LogP contribution < -0.4 is 25.0 Å². The topological polar surface area (TPSA) is 117 Å². The number of ether oxygens (including phenoxy) is 2. The molecule has 4 aromatic rings. The molecule has 0 fully saturated rings. The standard InChI is InChI=1S/C26H22N4O5S/c1-34-21-13-17(11-12-20(21)35-14-22(31)32)24-27-19-10-6-5-9-18(19)23-25(33)28-26(29-30(23)24)36-15-16-7-3-2-4-8-16/h2-13,24H,14-15H2,1H3,(H2,28,29,31,32,33)/p+1/t24-/m1/s1. The fourth-order valence-corrected chi connectivity index (χ4v) is 4.82. The van der Waals surface area contributed by atoms with Crippen LogP contribution in [0.2, 0.25) is 0 Å². The van der Waals surface area contributed by atoms with Crippen LogP contribution in [0.15, 0.2) is 82.7 Å². The Bertz CT molecular complexity index is 1480. The minimum atomic E-state index is -1.08. The Morgan fingerprint density at radius 3 is 2.64 bits per heavy atom. The number of thioether (sulfide) groups is 1. The largest absolute Gasteiger partial charge is 0.493 e. The van der Waals surface area contributed by atoms with Crippen LogP contribution in [-0.2, 0) is 10.5 Å². The van der Waals surface area contributed by atoms with E-state index >= 15 is 0 Å². The van der Waals surface area contributed by atoms with E-state index < -0.39 is 18.7 Å². The average Bonchev–Trinajstić information content (AvgIpc) is 2.90. The quantitative estimate of drug-likeness (QED) is 0.247. The van der Waals surface area contributed by atoms with Gasteiger partial charge >= 0.3 is 17.2 Å². The van der Waals surface area contributed by atoms with Gasteiger partial charge in [0.25, 0.3) is 6.17 Å². The molecule has 0 amide bonds. The van der Waals surface area contributed by atoms with Crippen LogP contribution >= 0.6 is 11.8 Å². The number of hydrogen-bond donors (Lipinski definition) is 3. The molecule has 9 nitrogen and oxygen atoms in total. The van der Waals surface area contributed by atoms with Crippen LogP contribution in [0, 0.1) is 0 Å². The van der Waals surface area contributed by atoms with Gasteiger partial charge in [-0.25, -0.2) is 4.79 Å². The van der Waals surface area contributed by atoms with Crippen LogP contribution in [-0.4, -0.2) is 34.9 Å². The summed E-state index contributed by atoms with van der Waals surface area (Å²) in [7, 11) is 1.48. The van der Waals surface area contributed by atoms with Crippen LogP contribution in [0.3, 0.4) is 0 Å². The third-order valence-electron chi connectivity index (χ3n) is 5.66. The molecule has 2 heterocycles. The van der Waals surface area contributed by atoms with Gasteiger partial charge in [-0.2, -0.15) is 0 Å². The van der Waals surface area contributed by atoms with E-state index in [0.717, 1.165) is 22.4 Å². The van der Waals surface area contributed by atoms with Gasteiger partial charge in [0.15, 0.2) is 18.1 Å². The van der Waals surface area contributed by atoms with Crippen LogP contribution in [0.1, 0.15) is 17.3 Å². The first-order valence-electron chi connectivity index (χ1n) is 11.1. The molecule has 182 valence electrons. The Morgan fingerprint density at radius 1 is 1.08 bits per heavy atom. The van der Waals surface area contributed by atoms with Crippen LogP contribution in [0.25, 0.3) is 11.3 Å². The zero-order valence-electron chi connectivity index (χ0n) is 19.3. The van der Waals surface area contributed by atoms with Gasteiger partial charge in [-0.05, 0) is 40.6 Å². The Hall–Kier alpha value is -4.31. The summed E-state index contributed by atoms with van der Waals surface area (Å²) >= 11 is 1.44. The van der Waals surface area contributed by atoms with E-state index in [1.54, 1.807) is 22.9 Å². The van der Waals surface area contributed by atoms with E-state index in [4.69, 9.17) is 19.7 Å². The molecule has 36 heavy (non-hydrogen) atoms. The van der Waals surface area contributed by atoms with E-state index in [1.807, 2.05) is 54.6 Å². The number of aliphatic carboxylic acids is 1. The molecule has 1 atom stereocenters. The Morgan fingerprint density at radius 2 is 1.86 bits per heavy atom. The molecular formula is C26H23N4O5S+. The molecule has 1 aliphatic rings. The van der Waals surface area contributed by atoms with Gasteiger partial charge in [0.2, 0.25) is 5.16 Å². The minimum absolute atomic E-state index is 0.243. The highest BCUT2D eigenvalue weighted by Gasteiger charge is 2.38. The van der Waals surface area contributed by atoms with Gasteiger partial charge in [-0.15, -0.1) is 0 Å². The molecule has 1 aromatic heterocycles. The predicted molar refractivity (Wildman–Crippen MR) is 134 cm³/mol. The summed E-state index contributed by atoms with van der Waals surface area (Å²) in [5.74, 6) is 0.254. The van der Waals surface area contributed by atoms with Crippen molar-refractivity contribution in [2.45, 2.75) is 17.1 Å². The van der Waals surface area contributed by atoms with Crippen LogP contribution in [0.5, 0.6) is 11.5 Å². The number of methoxy groups -OCH3 is 1. The van der Waals surface area contributed by atoms with Crippen molar-refractivity contribution >= 4 is 23.4 Å². The Labute approximate surface area is 210 Å². The van der Waals surface area contributed by atoms with Crippen molar-refractivity contribution in [2.75, 3.05) is 19.0 Å². The second-order valence-electron chi connectivity index (χ2n) is 8.01. The van der Waals surface area contributed by atoms with Gasteiger partial charge in [0.05, 0.1) is 18.4 Å². The maximum absolute atomic E-state index is 13.3. The van der Waals surface area contributed by atoms with Crippen molar-refractivity contribution in [3.8, 4) is 22.8 Å². The summed E-state index contributed by atoms with van der Waals surface area (Å²) in [6, 6.07) is 22.7. The van der Waals surface area contributed by atoms with Crippen molar-refractivity contribution in [1.82, 2.24) is 10.1 Å². The number of nitrogens with one attached hydrogen (secondary N) is 2. The number of rotatable bonds is 8. The summed E-state index contributed by atoms with van der Waals surface area (Å²) in [6.07, 6.45) is -0.518. The lowest BCUT2D eigenvalue weighted by atomic mass is 10.0. The maximum atomic E-state index is 13.3. The summed E-state index contributed by atoms with van der Waals surface area (Å²) in [6.45, 7) is -0.485. The molecule has 1 aliphatic heterocycles. The van der Waals surface area contributed by atoms with Gasteiger partial charge in [0, 0.05) is 16.4 Å². The lowest BCUT2D eigenvalue weighted by Gasteiger charge is -2.23. The van der Waals surface area contributed by atoms with Crippen LogP contribution in [0.4, 0.5) is 5.69 Å². The van der Waals surface area contributed by atoms with Gasteiger partial charge in [-0.3, -0.25) is 9.78 Å². The van der Waals surface area contributed by atoms with Gasteiger partial charge in [-0.1, -0.05) is 54.2 Å². The third-order valence-corrected chi connectivity index (χ3v) is 6.59. The summed E-state index contributed by atoms with van der Waals surface area (Å²) < 4.78 is 12.5. The first-order chi connectivity index (χ1) is 17.5. The SMILES string of the molecule is COc1cc([C@@H]2Nc3ccccc3-c3c(=O)[nH]c(SCc4ccccc4)n[n+]32)ccc1OCC(=O)O. The molecule has 0 bridgehead atoms. The second-order valence-corrected chi connectivity index (χ2v) is 8.98. The molecule has 3 aromatic carbocycles. The molecule has 0 saturated heterocycles. The molecule has 5 rings (SSSR count). The number of carboxylic acid groups (broad SMARTS) is 1. The molecular weight excluding hydrogens is 480 g/mol. The Kier molecular flexibility index (Phi) is 6.59. The number of para-hydroxylation sites is 1. The summed E-state index contributed by atoms with van der Waals surface area (Å²) in [4.78, 5) is 27.2. The van der Waals surface area contributed by atoms with Crippen molar-refractivity contribution in [2.24, 2.45) is 0 Å². The molecule has 10 heteroatoms. The number of carbonyl (C=O) groups is 1. The summed E-state index contributed by atoms with van der Waals surface area (Å²) in [5, 5.41) is 17.7. The average molecular weight is 504 g/mol. The fraction of sp³-hybridized carbons (Fsp3) is 0.154. The molecule has 0 radical (unpaired) electrons. The lowest BCUT2D eigenvalue weighted by molar-refractivity contribution is -0.759. The lowest BCUT2D eigenvalue weighted by Crippen LogP contribution is -2.55. The smallest absolute Gasteiger partial charge is 0.341 e. The number of anilines is 1. The number of benzene rings is 3.